The third-order valence-electron chi connectivity index (χ3n) is 6.00. The Morgan fingerprint density at radius 3 is 2.70 bits per heavy atom. The summed E-state index contributed by atoms with van der Waals surface area (Å²) in [6, 6.07) is 8.24. The van der Waals surface area contributed by atoms with Crippen LogP contribution in [0.2, 0.25) is 0 Å². The lowest BCUT2D eigenvalue weighted by molar-refractivity contribution is -0.122. The summed E-state index contributed by atoms with van der Waals surface area (Å²) in [5.41, 5.74) is 7.92. The van der Waals surface area contributed by atoms with Crippen molar-refractivity contribution in [2.75, 3.05) is 17.7 Å². The molecule has 4 rings (SSSR count). The SMILES string of the molecule is CCC(=O)N[C@H]1C[C@@H](n2cnc3c(N)nc(N[C@H](CO)Cc4ccccc4)nc32)[C@H](O)[C@@H]1O. The van der Waals surface area contributed by atoms with Crippen LogP contribution in [0.5, 0.6) is 0 Å². The molecule has 5 atom stereocenters. The van der Waals surface area contributed by atoms with E-state index in [-0.39, 0.29) is 36.7 Å². The van der Waals surface area contributed by atoms with E-state index in [0.29, 0.717) is 24.0 Å². The average Bonchev–Trinajstić information content (AvgIpc) is 3.35. The molecule has 1 amide bonds. The highest BCUT2D eigenvalue weighted by atomic mass is 16.3. The highest BCUT2D eigenvalue weighted by molar-refractivity contribution is 5.83. The molecular formula is C22H29N7O4. The van der Waals surface area contributed by atoms with Crippen molar-refractivity contribution in [2.24, 2.45) is 0 Å². The maximum absolute atomic E-state index is 11.8. The van der Waals surface area contributed by atoms with Crippen molar-refractivity contribution in [3.05, 3.63) is 42.2 Å². The summed E-state index contributed by atoms with van der Waals surface area (Å²) >= 11 is 0. The van der Waals surface area contributed by atoms with Gasteiger partial charge in [0.25, 0.3) is 0 Å². The number of aliphatic hydroxyl groups is 3. The zero-order valence-electron chi connectivity index (χ0n) is 18.3. The van der Waals surface area contributed by atoms with Crippen molar-refractivity contribution in [3.63, 3.8) is 0 Å². The first kappa shape index (κ1) is 22.9. The first-order chi connectivity index (χ1) is 15.9. The van der Waals surface area contributed by atoms with Crippen LogP contribution in [0.15, 0.2) is 36.7 Å². The number of anilines is 2. The van der Waals surface area contributed by atoms with Gasteiger partial charge in [0.05, 0.1) is 31.1 Å². The number of aromatic nitrogens is 4. The number of nitrogens with two attached hydrogens (primary N) is 1. The van der Waals surface area contributed by atoms with Crippen LogP contribution >= 0.6 is 0 Å². The Kier molecular flexibility index (Phi) is 6.72. The summed E-state index contributed by atoms with van der Waals surface area (Å²) in [5, 5.41) is 36.8. The molecule has 33 heavy (non-hydrogen) atoms. The number of imidazole rings is 1. The van der Waals surface area contributed by atoms with Crippen molar-refractivity contribution in [1.29, 1.82) is 0 Å². The lowest BCUT2D eigenvalue weighted by Gasteiger charge is -2.19. The van der Waals surface area contributed by atoms with Crippen LogP contribution in [0, 0.1) is 0 Å². The molecule has 0 saturated heterocycles. The van der Waals surface area contributed by atoms with E-state index in [1.54, 1.807) is 11.5 Å². The third kappa shape index (κ3) is 4.75. The summed E-state index contributed by atoms with van der Waals surface area (Å²) in [7, 11) is 0. The second kappa shape index (κ2) is 9.69. The molecule has 176 valence electrons. The third-order valence-corrected chi connectivity index (χ3v) is 6.00. The Bertz CT molecular complexity index is 1110. The first-order valence-electron chi connectivity index (χ1n) is 11.0. The first-order valence-corrected chi connectivity index (χ1v) is 11.0. The highest BCUT2D eigenvalue weighted by Gasteiger charge is 2.43. The van der Waals surface area contributed by atoms with Gasteiger partial charge in [0.2, 0.25) is 11.9 Å². The molecule has 0 bridgehead atoms. The quantitative estimate of drug-likeness (QED) is 0.273. The Morgan fingerprint density at radius 2 is 2.00 bits per heavy atom. The van der Waals surface area contributed by atoms with Crippen molar-refractivity contribution < 1.29 is 20.1 Å². The second-order valence-corrected chi connectivity index (χ2v) is 8.28. The molecule has 1 aromatic carbocycles. The number of nitrogen functional groups attached to an aromatic ring is 1. The maximum Gasteiger partial charge on any atom is 0.227 e. The fourth-order valence-corrected chi connectivity index (χ4v) is 4.22. The van der Waals surface area contributed by atoms with E-state index in [9.17, 15) is 20.1 Å². The molecule has 0 unspecified atom stereocenters. The molecule has 2 aromatic heterocycles. The Hall–Kier alpha value is -3.28. The van der Waals surface area contributed by atoms with E-state index < -0.39 is 24.3 Å². The van der Waals surface area contributed by atoms with E-state index in [1.165, 1.54) is 6.33 Å². The molecule has 1 saturated carbocycles. The standard InChI is InChI=1S/C22H29N7O4/c1-2-16(31)26-14-9-15(19(33)18(14)32)29-11-24-17-20(23)27-22(28-21(17)29)25-13(10-30)8-12-6-4-3-5-7-12/h3-7,11,13-15,18-19,30,32-33H,2,8-10H2,1H3,(H,26,31)(H3,23,25,27,28)/t13-,14-,15+,18+,19-/m0/s1. The normalized spacial score (nSPS) is 23.5. The molecule has 3 aromatic rings. The number of rotatable bonds is 8. The molecular weight excluding hydrogens is 426 g/mol. The number of amides is 1. The van der Waals surface area contributed by atoms with Crippen LogP contribution in [0.25, 0.3) is 11.2 Å². The number of nitrogens with zero attached hydrogens (tertiary/aromatic N) is 4. The van der Waals surface area contributed by atoms with Gasteiger partial charge in [0, 0.05) is 6.42 Å². The van der Waals surface area contributed by atoms with E-state index in [0.717, 1.165) is 5.56 Å². The highest BCUT2D eigenvalue weighted by Crippen LogP contribution is 2.34. The van der Waals surface area contributed by atoms with Gasteiger partial charge in [-0.05, 0) is 18.4 Å². The van der Waals surface area contributed by atoms with Gasteiger partial charge in [-0.15, -0.1) is 0 Å². The van der Waals surface area contributed by atoms with Gasteiger partial charge in [0.1, 0.15) is 17.7 Å². The van der Waals surface area contributed by atoms with Crippen LogP contribution < -0.4 is 16.4 Å². The van der Waals surface area contributed by atoms with Crippen molar-refractivity contribution >= 4 is 28.8 Å². The molecule has 0 aliphatic heterocycles. The monoisotopic (exact) mass is 455 g/mol. The van der Waals surface area contributed by atoms with Gasteiger partial charge < -0.3 is 36.3 Å². The van der Waals surface area contributed by atoms with Gasteiger partial charge in [-0.3, -0.25) is 4.79 Å². The van der Waals surface area contributed by atoms with Gasteiger partial charge in [-0.1, -0.05) is 37.3 Å². The number of benzene rings is 1. The zero-order valence-corrected chi connectivity index (χ0v) is 18.3. The molecule has 11 nitrogen and oxygen atoms in total. The fourth-order valence-electron chi connectivity index (χ4n) is 4.22. The number of fused-ring (bicyclic) bond motifs is 1. The van der Waals surface area contributed by atoms with Gasteiger partial charge in [-0.25, -0.2) is 4.98 Å². The number of hydrogen-bond acceptors (Lipinski definition) is 9. The minimum atomic E-state index is -1.12. The average molecular weight is 456 g/mol. The molecule has 0 spiro atoms. The van der Waals surface area contributed by atoms with Gasteiger partial charge in [0.15, 0.2) is 11.5 Å². The van der Waals surface area contributed by atoms with Crippen LogP contribution in [0.3, 0.4) is 0 Å². The summed E-state index contributed by atoms with van der Waals surface area (Å²) in [5.74, 6) is 0.177. The predicted molar refractivity (Wildman–Crippen MR) is 122 cm³/mol. The number of aliphatic hydroxyl groups excluding tert-OH is 3. The van der Waals surface area contributed by atoms with Crippen LogP contribution in [0.4, 0.5) is 11.8 Å². The van der Waals surface area contributed by atoms with Gasteiger partial charge >= 0.3 is 0 Å². The van der Waals surface area contributed by atoms with E-state index in [4.69, 9.17) is 5.73 Å². The molecule has 7 N–H and O–H groups in total. The van der Waals surface area contributed by atoms with E-state index >= 15 is 0 Å². The lowest BCUT2D eigenvalue weighted by atomic mass is 10.1. The zero-order chi connectivity index (χ0) is 23.5. The Morgan fingerprint density at radius 1 is 1.24 bits per heavy atom. The van der Waals surface area contributed by atoms with E-state index in [1.807, 2.05) is 30.3 Å². The molecule has 0 radical (unpaired) electrons. The lowest BCUT2D eigenvalue weighted by Crippen LogP contribution is -2.42. The summed E-state index contributed by atoms with van der Waals surface area (Å²) in [4.78, 5) is 24.9. The number of carbonyl (C=O) groups is 1. The summed E-state index contributed by atoms with van der Waals surface area (Å²) < 4.78 is 1.65. The number of carbonyl (C=O) groups excluding carboxylic acids is 1. The van der Waals surface area contributed by atoms with Crippen LogP contribution in [0.1, 0.15) is 31.4 Å². The van der Waals surface area contributed by atoms with Crippen molar-refractivity contribution in [2.45, 2.75) is 56.5 Å². The molecule has 2 heterocycles. The maximum atomic E-state index is 11.8. The second-order valence-electron chi connectivity index (χ2n) is 8.28. The minimum absolute atomic E-state index is 0.137. The van der Waals surface area contributed by atoms with Crippen LogP contribution in [-0.4, -0.2) is 71.6 Å². The topological polar surface area (TPSA) is 171 Å². The Labute approximate surface area is 190 Å². The van der Waals surface area contributed by atoms with Crippen molar-refractivity contribution in [3.8, 4) is 0 Å². The van der Waals surface area contributed by atoms with Crippen molar-refractivity contribution in [1.82, 2.24) is 24.8 Å². The van der Waals surface area contributed by atoms with E-state index in [2.05, 4.69) is 25.6 Å². The Balaban J connectivity index is 1.59. The summed E-state index contributed by atoms with van der Waals surface area (Å²) in [6.45, 7) is 1.58. The minimum Gasteiger partial charge on any atom is -0.394 e. The molecule has 1 aliphatic rings. The fraction of sp³-hybridized carbons (Fsp3) is 0.455. The van der Waals surface area contributed by atoms with Crippen LogP contribution in [-0.2, 0) is 11.2 Å². The molecule has 11 heteroatoms. The number of hydrogen-bond donors (Lipinski definition) is 6. The molecule has 1 aliphatic carbocycles. The van der Waals surface area contributed by atoms with Gasteiger partial charge in [-0.2, -0.15) is 9.97 Å². The summed E-state index contributed by atoms with van der Waals surface area (Å²) in [6.07, 6.45) is 0.400. The molecule has 1 fully saturated rings. The predicted octanol–water partition coefficient (Wildman–Crippen LogP) is -0.0146. The largest absolute Gasteiger partial charge is 0.394 e. The number of nitrogens with one attached hydrogen (secondary N) is 2. The smallest absolute Gasteiger partial charge is 0.227 e.